The number of para-hydroxylation sites is 2. The van der Waals surface area contributed by atoms with Crippen molar-refractivity contribution in [3.05, 3.63) is 70.4 Å². The minimum atomic E-state index is -0.139. The van der Waals surface area contributed by atoms with Gasteiger partial charge in [0.1, 0.15) is 5.69 Å². The number of anilines is 2. The summed E-state index contributed by atoms with van der Waals surface area (Å²) < 4.78 is 0. The Morgan fingerprint density at radius 3 is 2.59 bits per heavy atom. The summed E-state index contributed by atoms with van der Waals surface area (Å²) in [5, 5.41) is 5.97. The van der Waals surface area contributed by atoms with Crippen LogP contribution in [0.5, 0.6) is 0 Å². The molecule has 4 rings (SSSR count). The maximum absolute atomic E-state index is 12.8. The van der Waals surface area contributed by atoms with Crippen LogP contribution in [0.2, 0.25) is 0 Å². The zero-order valence-electron chi connectivity index (χ0n) is 18.8. The molecule has 1 N–H and O–H groups in total. The molecular formula is C25H31N5OS. The number of pyridine rings is 1. The molecule has 7 heteroatoms. The van der Waals surface area contributed by atoms with Gasteiger partial charge in [0.25, 0.3) is 5.91 Å². The molecule has 3 aromatic rings. The molecule has 0 unspecified atom stereocenters. The molecule has 0 radical (unpaired) electrons. The molecule has 0 spiro atoms. The zero-order chi connectivity index (χ0) is 22.3. The van der Waals surface area contributed by atoms with E-state index in [4.69, 9.17) is 0 Å². The van der Waals surface area contributed by atoms with Gasteiger partial charge in [-0.05, 0) is 42.2 Å². The summed E-state index contributed by atoms with van der Waals surface area (Å²) >= 11 is 1.56. The van der Waals surface area contributed by atoms with Crippen molar-refractivity contribution in [2.24, 2.45) is 5.92 Å². The summed E-state index contributed by atoms with van der Waals surface area (Å²) in [4.78, 5) is 26.3. The van der Waals surface area contributed by atoms with E-state index in [9.17, 15) is 4.79 Å². The molecule has 0 bridgehead atoms. The van der Waals surface area contributed by atoms with E-state index in [1.165, 1.54) is 5.56 Å². The molecule has 1 fully saturated rings. The highest BCUT2D eigenvalue weighted by molar-refractivity contribution is 7.09. The highest BCUT2D eigenvalue weighted by Crippen LogP contribution is 2.27. The van der Waals surface area contributed by atoms with Crippen molar-refractivity contribution in [3.8, 4) is 0 Å². The Balaban J connectivity index is 1.34. The average Bonchev–Trinajstić information content (AvgIpc) is 3.27. The molecule has 1 aliphatic rings. The lowest BCUT2D eigenvalue weighted by atomic mass is 10.1. The second-order valence-corrected chi connectivity index (χ2v) is 9.57. The van der Waals surface area contributed by atoms with Crippen molar-refractivity contribution in [1.82, 2.24) is 14.9 Å². The number of nitrogens with one attached hydrogen (secondary N) is 1. The van der Waals surface area contributed by atoms with Crippen LogP contribution >= 0.6 is 11.3 Å². The van der Waals surface area contributed by atoms with E-state index >= 15 is 0 Å². The third-order valence-corrected chi connectivity index (χ3v) is 6.57. The third-order valence-electron chi connectivity index (χ3n) is 5.70. The van der Waals surface area contributed by atoms with Crippen LogP contribution in [0.4, 0.5) is 11.4 Å². The van der Waals surface area contributed by atoms with Crippen LogP contribution in [0.3, 0.4) is 0 Å². The van der Waals surface area contributed by atoms with E-state index < -0.39 is 0 Å². The zero-order valence-corrected chi connectivity index (χ0v) is 19.6. The lowest BCUT2D eigenvalue weighted by Gasteiger charge is -2.37. The Hall–Kier alpha value is -2.77. The summed E-state index contributed by atoms with van der Waals surface area (Å²) in [5.41, 5.74) is 3.75. The third kappa shape index (κ3) is 5.93. The maximum atomic E-state index is 12.8. The molecule has 1 aromatic carbocycles. The van der Waals surface area contributed by atoms with E-state index in [2.05, 4.69) is 57.1 Å². The van der Waals surface area contributed by atoms with Crippen LogP contribution in [0.1, 0.15) is 34.9 Å². The first kappa shape index (κ1) is 22.4. The first-order valence-electron chi connectivity index (χ1n) is 11.3. The van der Waals surface area contributed by atoms with Gasteiger partial charge >= 0.3 is 0 Å². The van der Waals surface area contributed by atoms with E-state index in [1.54, 1.807) is 11.3 Å². The Labute approximate surface area is 194 Å². The molecule has 3 heterocycles. The molecule has 1 saturated heterocycles. The van der Waals surface area contributed by atoms with Gasteiger partial charge in [0.2, 0.25) is 0 Å². The standard InChI is InChI=1S/C25H31N5OS/c1-19(2)17-24-27-22(18-32-24)25(31)28-21-5-3-4-6-23(21)30-15-13-29(14-16-30)12-9-20-7-10-26-11-8-20/h3-8,10-11,18-19H,9,12-17H2,1-2H3,(H,28,31). The summed E-state index contributed by atoms with van der Waals surface area (Å²) in [6, 6.07) is 12.2. The van der Waals surface area contributed by atoms with E-state index in [0.717, 1.165) is 61.9 Å². The predicted octanol–water partition coefficient (Wildman–Crippen LogP) is 4.35. The molecule has 168 valence electrons. The smallest absolute Gasteiger partial charge is 0.275 e. The van der Waals surface area contributed by atoms with Crippen molar-refractivity contribution in [2.75, 3.05) is 42.9 Å². The normalized spacial score (nSPS) is 14.7. The Kier molecular flexibility index (Phi) is 7.50. The van der Waals surface area contributed by atoms with Crippen LogP contribution in [0.25, 0.3) is 0 Å². The van der Waals surface area contributed by atoms with Crippen molar-refractivity contribution >= 4 is 28.6 Å². The number of aromatic nitrogens is 2. The largest absolute Gasteiger partial charge is 0.367 e. The number of hydrogen-bond donors (Lipinski definition) is 1. The van der Waals surface area contributed by atoms with E-state index in [-0.39, 0.29) is 5.91 Å². The number of nitrogens with zero attached hydrogens (tertiary/aromatic N) is 4. The molecule has 0 atom stereocenters. The van der Waals surface area contributed by atoms with Crippen molar-refractivity contribution in [2.45, 2.75) is 26.7 Å². The van der Waals surface area contributed by atoms with Crippen molar-refractivity contribution in [1.29, 1.82) is 0 Å². The van der Waals surface area contributed by atoms with Crippen LogP contribution < -0.4 is 10.2 Å². The highest BCUT2D eigenvalue weighted by Gasteiger charge is 2.20. The van der Waals surface area contributed by atoms with E-state index in [1.807, 2.05) is 36.0 Å². The number of piperazine rings is 1. The molecule has 1 aliphatic heterocycles. The lowest BCUT2D eigenvalue weighted by molar-refractivity contribution is 0.102. The number of hydrogen-bond acceptors (Lipinski definition) is 6. The number of thiazole rings is 1. The van der Waals surface area contributed by atoms with Gasteiger partial charge in [0.15, 0.2) is 0 Å². The van der Waals surface area contributed by atoms with Gasteiger partial charge in [-0.3, -0.25) is 14.7 Å². The van der Waals surface area contributed by atoms with Gasteiger partial charge in [-0.15, -0.1) is 11.3 Å². The number of benzene rings is 1. The van der Waals surface area contributed by atoms with Gasteiger partial charge in [-0.25, -0.2) is 4.98 Å². The van der Waals surface area contributed by atoms with E-state index in [0.29, 0.717) is 11.6 Å². The molecule has 32 heavy (non-hydrogen) atoms. The van der Waals surface area contributed by atoms with Crippen LogP contribution in [-0.4, -0.2) is 53.5 Å². The number of amides is 1. The van der Waals surface area contributed by atoms with Crippen molar-refractivity contribution < 1.29 is 4.79 Å². The second kappa shape index (κ2) is 10.7. The maximum Gasteiger partial charge on any atom is 0.275 e. The predicted molar refractivity (Wildman–Crippen MR) is 132 cm³/mol. The minimum Gasteiger partial charge on any atom is -0.367 e. The number of carbonyl (C=O) groups excluding carboxylic acids is 1. The SMILES string of the molecule is CC(C)Cc1nc(C(=O)Nc2ccccc2N2CCN(CCc3ccncc3)CC2)cs1. The summed E-state index contributed by atoms with van der Waals surface area (Å²) in [7, 11) is 0. The number of carbonyl (C=O) groups is 1. The molecule has 2 aromatic heterocycles. The summed E-state index contributed by atoms with van der Waals surface area (Å²) in [6.45, 7) is 9.29. The summed E-state index contributed by atoms with van der Waals surface area (Å²) in [5.74, 6) is 0.390. The fourth-order valence-electron chi connectivity index (χ4n) is 3.95. The fraction of sp³-hybridized carbons (Fsp3) is 0.400. The quantitative estimate of drug-likeness (QED) is 0.554. The van der Waals surface area contributed by atoms with Gasteiger partial charge in [-0.1, -0.05) is 26.0 Å². The second-order valence-electron chi connectivity index (χ2n) is 8.63. The van der Waals surface area contributed by atoms with Gasteiger partial charge in [-0.2, -0.15) is 0 Å². The lowest BCUT2D eigenvalue weighted by Crippen LogP contribution is -2.47. The molecule has 6 nitrogen and oxygen atoms in total. The summed E-state index contributed by atoms with van der Waals surface area (Å²) in [6.07, 6.45) is 5.66. The molecular weight excluding hydrogens is 418 g/mol. The highest BCUT2D eigenvalue weighted by atomic mass is 32.1. The van der Waals surface area contributed by atoms with Gasteiger partial charge in [0, 0.05) is 56.9 Å². The van der Waals surface area contributed by atoms with Crippen LogP contribution in [0.15, 0.2) is 54.2 Å². The minimum absolute atomic E-state index is 0.139. The molecule has 0 saturated carbocycles. The fourth-order valence-corrected chi connectivity index (χ4v) is 4.94. The first-order valence-corrected chi connectivity index (χ1v) is 12.2. The topological polar surface area (TPSA) is 61.4 Å². The monoisotopic (exact) mass is 449 g/mol. The van der Waals surface area contributed by atoms with Crippen LogP contribution in [-0.2, 0) is 12.8 Å². The molecule has 0 aliphatic carbocycles. The Bertz CT molecular complexity index is 1010. The van der Waals surface area contributed by atoms with Crippen molar-refractivity contribution in [3.63, 3.8) is 0 Å². The Morgan fingerprint density at radius 2 is 1.84 bits per heavy atom. The first-order chi connectivity index (χ1) is 15.6. The van der Waals surface area contributed by atoms with Gasteiger partial charge < -0.3 is 10.2 Å². The number of rotatable bonds is 8. The molecule has 1 amide bonds. The van der Waals surface area contributed by atoms with Gasteiger partial charge in [0.05, 0.1) is 16.4 Å². The van der Waals surface area contributed by atoms with Crippen LogP contribution in [0, 0.1) is 5.92 Å². The average molecular weight is 450 g/mol. The Morgan fingerprint density at radius 1 is 1.09 bits per heavy atom.